The van der Waals surface area contributed by atoms with E-state index in [2.05, 4.69) is 14.2 Å². The van der Waals surface area contributed by atoms with Crippen LogP contribution >= 0.6 is 0 Å². The molecule has 0 fully saturated rings. The summed E-state index contributed by atoms with van der Waals surface area (Å²) in [5.74, 6) is -2.25. The van der Waals surface area contributed by atoms with Gasteiger partial charge >= 0.3 is 36.8 Å². The molecule has 0 bridgehead atoms. The zero-order chi connectivity index (χ0) is 15.8. The molecule has 9 heteroatoms. The van der Waals surface area contributed by atoms with Gasteiger partial charge in [-0.25, -0.2) is 0 Å². The third kappa shape index (κ3) is 50.4. The van der Waals surface area contributed by atoms with Crippen molar-refractivity contribution in [3.05, 3.63) is 0 Å². The molecule has 0 aliphatic heterocycles. The molecule has 0 aromatic heterocycles. The molecule has 0 atom stereocenters. The summed E-state index contributed by atoms with van der Waals surface area (Å²) in [6, 6.07) is 0. The second-order valence-corrected chi connectivity index (χ2v) is 2.50. The molecular weight excluding hydrogens is 264 g/mol. The van der Waals surface area contributed by atoms with Crippen LogP contribution in [0.5, 0.6) is 0 Å². The lowest BCUT2D eigenvalue weighted by atomic mass is 10.7. The van der Waals surface area contributed by atoms with Crippen molar-refractivity contribution in [3.63, 3.8) is 0 Å². The van der Waals surface area contributed by atoms with Gasteiger partial charge in [0.1, 0.15) is 0 Å². The Morgan fingerprint density at radius 1 is 0.632 bits per heavy atom. The SMILES string of the molecule is CC(=O)OC(C)=O.CC(=O)OC(C)=O.O=COC=O. The van der Waals surface area contributed by atoms with Crippen molar-refractivity contribution < 1.29 is 43.0 Å². The molecule has 0 aromatic carbocycles. The second-order valence-electron chi connectivity index (χ2n) is 2.50. The highest BCUT2D eigenvalue weighted by molar-refractivity contribution is 5.82. The highest BCUT2D eigenvalue weighted by Gasteiger charge is 1.94. The van der Waals surface area contributed by atoms with Crippen molar-refractivity contribution in [3.8, 4) is 0 Å². The van der Waals surface area contributed by atoms with Crippen molar-refractivity contribution in [1.82, 2.24) is 0 Å². The molecule has 0 aliphatic rings. The van der Waals surface area contributed by atoms with Gasteiger partial charge in [-0.3, -0.25) is 28.8 Å². The molecule has 0 spiro atoms. The van der Waals surface area contributed by atoms with Crippen molar-refractivity contribution in [2.45, 2.75) is 27.7 Å². The quantitative estimate of drug-likeness (QED) is 0.284. The summed E-state index contributed by atoms with van der Waals surface area (Å²) < 4.78 is 11.4. The van der Waals surface area contributed by atoms with Gasteiger partial charge in [-0.2, -0.15) is 0 Å². The molecule has 108 valence electrons. The van der Waals surface area contributed by atoms with Crippen LogP contribution in [-0.2, 0) is 43.0 Å². The number of carbonyl (C=O) groups is 6. The molecule has 0 N–H and O–H groups in total. The van der Waals surface area contributed by atoms with Crippen LogP contribution in [0.2, 0.25) is 0 Å². The Morgan fingerprint density at radius 3 is 0.842 bits per heavy atom. The van der Waals surface area contributed by atoms with Crippen LogP contribution in [0.4, 0.5) is 0 Å². The van der Waals surface area contributed by atoms with Crippen LogP contribution in [0.25, 0.3) is 0 Å². The highest BCUT2D eigenvalue weighted by Crippen LogP contribution is 1.74. The predicted octanol–water partition coefficient (Wildman–Crippen LogP) is -0.492. The van der Waals surface area contributed by atoms with Gasteiger partial charge in [-0.1, -0.05) is 0 Å². The smallest absolute Gasteiger partial charge is 0.310 e. The number of carbonyl (C=O) groups excluding carboxylic acids is 6. The first-order valence-electron chi connectivity index (χ1n) is 4.58. The standard InChI is InChI=1S/2C4H6O3.C2H2O3/c2*1-3(5)7-4(2)6;3-1-5-2-4/h2*1-2H3;1-2H. The summed E-state index contributed by atoms with van der Waals surface area (Å²) in [4.78, 5) is 57.1. The van der Waals surface area contributed by atoms with Crippen LogP contribution in [0.3, 0.4) is 0 Å². The van der Waals surface area contributed by atoms with Gasteiger partial charge in [-0.05, 0) is 0 Å². The Balaban J connectivity index is -0.000000206. The molecule has 0 heterocycles. The van der Waals surface area contributed by atoms with Crippen molar-refractivity contribution in [2.24, 2.45) is 0 Å². The zero-order valence-corrected chi connectivity index (χ0v) is 10.8. The lowest BCUT2D eigenvalue weighted by molar-refractivity contribution is -0.158. The van der Waals surface area contributed by atoms with Gasteiger partial charge in [0.2, 0.25) is 0 Å². The fourth-order valence-electron chi connectivity index (χ4n) is 0.427. The molecular formula is C10H14O9. The minimum absolute atomic E-state index is 0.0625. The Kier molecular flexibility index (Phi) is 17.6. The minimum atomic E-state index is -0.562. The maximum atomic E-state index is 9.81. The van der Waals surface area contributed by atoms with E-state index in [-0.39, 0.29) is 12.9 Å². The third-order valence-corrected chi connectivity index (χ3v) is 0.686. The fourth-order valence-corrected chi connectivity index (χ4v) is 0.427. The minimum Gasteiger partial charge on any atom is -0.398 e. The van der Waals surface area contributed by atoms with Gasteiger partial charge in [0.25, 0.3) is 0 Å². The Morgan fingerprint density at radius 2 is 0.842 bits per heavy atom. The van der Waals surface area contributed by atoms with E-state index in [4.69, 9.17) is 9.59 Å². The topological polar surface area (TPSA) is 130 Å². The van der Waals surface area contributed by atoms with Gasteiger partial charge in [0.15, 0.2) is 0 Å². The first-order valence-corrected chi connectivity index (χ1v) is 4.58. The second kappa shape index (κ2) is 15.4. The lowest BCUT2D eigenvalue weighted by Crippen LogP contribution is -2.03. The molecule has 0 rings (SSSR count). The molecule has 0 unspecified atom stereocenters. The average molecular weight is 278 g/mol. The third-order valence-electron chi connectivity index (χ3n) is 0.686. The van der Waals surface area contributed by atoms with Gasteiger partial charge in [-0.15, -0.1) is 0 Å². The maximum Gasteiger partial charge on any atom is 0.310 e. The first-order chi connectivity index (χ1) is 8.67. The summed E-state index contributed by atoms with van der Waals surface area (Å²) in [6.07, 6.45) is 0. The largest absolute Gasteiger partial charge is 0.398 e. The van der Waals surface area contributed by atoms with E-state index in [1.807, 2.05) is 0 Å². The Labute approximate surface area is 108 Å². The van der Waals surface area contributed by atoms with E-state index >= 15 is 0 Å². The summed E-state index contributed by atoms with van der Waals surface area (Å²) in [6.45, 7) is 4.85. The number of hydrogen-bond donors (Lipinski definition) is 0. The van der Waals surface area contributed by atoms with Crippen LogP contribution in [0, 0.1) is 0 Å². The average Bonchev–Trinajstić information content (AvgIpc) is 2.15. The monoisotopic (exact) mass is 278 g/mol. The highest BCUT2D eigenvalue weighted by atomic mass is 16.6. The molecule has 0 amide bonds. The number of rotatable bonds is 2. The van der Waals surface area contributed by atoms with E-state index < -0.39 is 23.9 Å². The molecule has 0 aromatic rings. The van der Waals surface area contributed by atoms with Gasteiger partial charge in [0.05, 0.1) is 0 Å². The lowest BCUT2D eigenvalue weighted by Gasteiger charge is -1.87. The number of hydrogen-bond acceptors (Lipinski definition) is 9. The van der Waals surface area contributed by atoms with Crippen LogP contribution in [0.1, 0.15) is 27.7 Å². The van der Waals surface area contributed by atoms with Gasteiger partial charge in [0, 0.05) is 27.7 Å². The Bertz CT molecular complexity index is 276. The number of ether oxygens (including phenoxy) is 3. The normalized spacial score (nSPS) is 7.16. The van der Waals surface area contributed by atoms with E-state index in [0.29, 0.717) is 0 Å². The van der Waals surface area contributed by atoms with Crippen molar-refractivity contribution in [1.29, 1.82) is 0 Å². The Hall–Kier alpha value is -2.58. The van der Waals surface area contributed by atoms with Crippen LogP contribution in [0.15, 0.2) is 0 Å². The molecule has 0 saturated heterocycles. The summed E-state index contributed by atoms with van der Waals surface area (Å²) in [5.41, 5.74) is 0. The summed E-state index contributed by atoms with van der Waals surface area (Å²) in [5, 5.41) is 0. The molecule has 0 saturated carbocycles. The predicted molar refractivity (Wildman–Crippen MR) is 58.1 cm³/mol. The number of esters is 4. The van der Waals surface area contributed by atoms with Gasteiger partial charge < -0.3 is 14.2 Å². The molecule has 9 nitrogen and oxygen atoms in total. The first kappa shape index (κ1) is 21.7. The summed E-state index contributed by atoms with van der Waals surface area (Å²) in [7, 11) is 0. The zero-order valence-electron chi connectivity index (χ0n) is 10.8. The fraction of sp³-hybridized carbons (Fsp3) is 0.400. The van der Waals surface area contributed by atoms with Crippen molar-refractivity contribution in [2.75, 3.05) is 0 Å². The summed E-state index contributed by atoms with van der Waals surface area (Å²) >= 11 is 0. The van der Waals surface area contributed by atoms with E-state index in [0.717, 1.165) is 0 Å². The van der Waals surface area contributed by atoms with Crippen LogP contribution < -0.4 is 0 Å². The van der Waals surface area contributed by atoms with E-state index in [1.54, 1.807) is 0 Å². The van der Waals surface area contributed by atoms with Crippen LogP contribution in [-0.4, -0.2) is 36.8 Å². The van der Waals surface area contributed by atoms with E-state index in [1.165, 1.54) is 27.7 Å². The van der Waals surface area contributed by atoms with Crippen molar-refractivity contribution >= 4 is 36.8 Å². The maximum absolute atomic E-state index is 9.81. The molecule has 0 radical (unpaired) electrons. The molecule has 19 heavy (non-hydrogen) atoms. The molecule has 0 aliphatic carbocycles. The van der Waals surface area contributed by atoms with E-state index in [9.17, 15) is 19.2 Å².